The predicted octanol–water partition coefficient (Wildman–Crippen LogP) is 4.43. The molecule has 0 radical (unpaired) electrons. The topological polar surface area (TPSA) is 51.1 Å². The fourth-order valence-corrected chi connectivity index (χ4v) is 3.17. The molecule has 5 heteroatoms. The number of hydrogen-bond acceptors (Lipinski definition) is 2. The lowest BCUT2D eigenvalue weighted by atomic mass is 10.1. The number of hydrogen-bond donors (Lipinski definition) is 1. The number of carbonyl (C=O) groups is 2. The first-order valence-corrected chi connectivity index (χ1v) is 9.14. The lowest BCUT2D eigenvalue weighted by molar-refractivity contribution is -0.121. The van der Waals surface area contributed by atoms with E-state index in [0.29, 0.717) is 17.8 Å². The predicted molar refractivity (Wildman–Crippen MR) is 108 cm³/mol. The summed E-state index contributed by atoms with van der Waals surface area (Å²) < 4.78 is 15.1. The Balaban J connectivity index is 1.83. The van der Waals surface area contributed by atoms with Crippen molar-refractivity contribution in [1.82, 2.24) is 9.88 Å². The van der Waals surface area contributed by atoms with Gasteiger partial charge in [-0.25, -0.2) is 4.39 Å². The molecule has 0 aliphatic heterocycles. The van der Waals surface area contributed by atoms with Crippen LogP contribution < -0.4 is 5.32 Å². The summed E-state index contributed by atoms with van der Waals surface area (Å²) in [5.41, 5.74) is 4.93. The maximum Gasteiger partial charge on any atom is 0.240 e. The molecule has 1 amide bonds. The maximum atomic E-state index is 13.3. The van der Waals surface area contributed by atoms with E-state index in [-0.39, 0.29) is 24.1 Å². The van der Waals surface area contributed by atoms with Crippen molar-refractivity contribution in [2.45, 2.75) is 33.9 Å². The molecule has 0 saturated carbocycles. The molecule has 0 unspecified atom stereocenters. The van der Waals surface area contributed by atoms with Crippen molar-refractivity contribution < 1.29 is 14.0 Å². The van der Waals surface area contributed by atoms with Crippen LogP contribution in [-0.4, -0.2) is 16.3 Å². The van der Waals surface area contributed by atoms with Crippen LogP contribution in [0.3, 0.4) is 0 Å². The van der Waals surface area contributed by atoms with Gasteiger partial charge in [-0.3, -0.25) is 9.59 Å². The van der Waals surface area contributed by atoms with Crippen LogP contribution in [0.1, 0.15) is 34.1 Å². The molecule has 0 bridgehead atoms. The number of nitrogens with one attached hydrogen (secondary N) is 1. The van der Waals surface area contributed by atoms with Gasteiger partial charge in [0.2, 0.25) is 5.91 Å². The van der Waals surface area contributed by atoms with Crippen LogP contribution >= 0.6 is 0 Å². The van der Waals surface area contributed by atoms with E-state index in [1.54, 1.807) is 22.8 Å². The molecule has 0 spiro atoms. The zero-order valence-corrected chi connectivity index (χ0v) is 16.3. The van der Waals surface area contributed by atoms with Gasteiger partial charge in [0.1, 0.15) is 12.4 Å². The number of benzene rings is 2. The molecule has 1 heterocycles. The first-order chi connectivity index (χ1) is 13.3. The molecule has 3 aromatic rings. The van der Waals surface area contributed by atoms with Gasteiger partial charge in [0.15, 0.2) is 5.78 Å². The molecule has 2 aromatic carbocycles. The molecule has 1 N–H and O–H groups in total. The van der Waals surface area contributed by atoms with E-state index in [1.165, 1.54) is 24.6 Å². The zero-order chi connectivity index (χ0) is 20.3. The standard InChI is InChI=1S/C23H23FN2O2/c1-15-4-6-18(7-5-15)13-25-23(28)14-26-16(2)21(17(3)27)12-22(26)19-8-10-20(24)11-9-19/h4-12H,13-14H2,1-3H3,(H,25,28). The molecule has 28 heavy (non-hydrogen) atoms. The molecule has 0 saturated heterocycles. The minimum absolute atomic E-state index is 0.0697. The van der Waals surface area contributed by atoms with E-state index in [0.717, 1.165) is 16.8 Å². The van der Waals surface area contributed by atoms with E-state index in [2.05, 4.69) is 5.32 Å². The van der Waals surface area contributed by atoms with Gasteiger partial charge in [-0.15, -0.1) is 0 Å². The van der Waals surface area contributed by atoms with E-state index in [9.17, 15) is 14.0 Å². The summed E-state index contributed by atoms with van der Waals surface area (Å²) in [4.78, 5) is 24.5. The molecule has 144 valence electrons. The Kier molecular flexibility index (Phi) is 5.73. The molecule has 3 rings (SSSR count). The maximum absolute atomic E-state index is 13.3. The molecular weight excluding hydrogens is 355 g/mol. The quantitative estimate of drug-likeness (QED) is 0.645. The fraction of sp³-hybridized carbons (Fsp3) is 0.217. The Bertz CT molecular complexity index is 1000. The van der Waals surface area contributed by atoms with Crippen LogP contribution in [0.25, 0.3) is 11.3 Å². The van der Waals surface area contributed by atoms with Crippen molar-refractivity contribution in [2.24, 2.45) is 0 Å². The Morgan fingerprint density at radius 3 is 2.25 bits per heavy atom. The third-order valence-electron chi connectivity index (χ3n) is 4.80. The molecule has 1 aromatic heterocycles. The third kappa shape index (κ3) is 4.36. The van der Waals surface area contributed by atoms with Crippen molar-refractivity contribution >= 4 is 11.7 Å². The highest BCUT2D eigenvalue weighted by atomic mass is 19.1. The summed E-state index contributed by atoms with van der Waals surface area (Å²) in [6.45, 7) is 5.85. The first-order valence-electron chi connectivity index (χ1n) is 9.14. The van der Waals surface area contributed by atoms with Gasteiger partial charge >= 0.3 is 0 Å². The Labute approximate surface area is 164 Å². The van der Waals surface area contributed by atoms with Crippen LogP contribution in [0.5, 0.6) is 0 Å². The van der Waals surface area contributed by atoms with E-state index < -0.39 is 0 Å². The largest absolute Gasteiger partial charge is 0.350 e. The Hall–Kier alpha value is -3.21. The highest BCUT2D eigenvalue weighted by molar-refractivity contribution is 5.97. The number of Topliss-reactive ketones (excluding diaryl/α,β-unsaturated/α-hetero) is 1. The van der Waals surface area contributed by atoms with Crippen molar-refractivity contribution in [3.05, 3.63) is 82.8 Å². The number of ketones is 1. The fourth-order valence-electron chi connectivity index (χ4n) is 3.17. The van der Waals surface area contributed by atoms with Gasteiger partial charge in [0.25, 0.3) is 0 Å². The van der Waals surface area contributed by atoms with Crippen LogP contribution in [0.15, 0.2) is 54.6 Å². The van der Waals surface area contributed by atoms with Gasteiger partial charge in [-0.1, -0.05) is 29.8 Å². The molecule has 0 aliphatic carbocycles. The minimum Gasteiger partial charge on any atom is -0.350 e. The van der Waals surface area contributed by atoms with Gasteiger partial charge in [0, 0.05) is 23.5 Å². The van der Waals surface area contributed by atoms with E-state index >= 15 is 0 Å². The third-order valence-corrected chi connectivity index (χ3v) is 4.80. The highest BCUT2D eigenvalue weighted by Crippen LogP contribution is 2.26. The zero-order valence-electron chi connectivity index (χ0n) is 16.3. The van der Waals surface area contributed by atoms with Gasteiger partial charge < -0.3 is 9.88 Å². The minimum atomic E-state index is -0.332. The monoisotopic (exact) mass is 378 g/mol. The average molecular weight is 378 g/mol. The summed E-state index contributed by atoms with van der Waals surface area (Å²) in [6.07, 6.45) is 0. The average Bonchev–Trinajstić information content (AvgIpc) is 2.99. The summed E-state index contributed by atoms with van der Waals surface area (Å²) in [6, 6.07) is 15.8. The smallest absolute Gasteiger partial charge is 0.240 e. The molecule has 4 nitrogen and oxygen atoms in total. The molecule has 0 aliphatic rings. The molecule has 0 fully saturated rings. The summed E-state index contributed by atoms with van der Waals surface area (Å²) >= 11 is 0. The number of aromatic nitrogens is 1. The summed E-state index contributed by atoms with van der Waals surface area (Å²) in [5.74, 6) is -0.557. The SMILES string of the molecule is CC(=O)c1cc(-c2ccc(F)cc2)n(CC(=O)NCc2ccc(C)cc2)c1C. The number of rotatable bonds is 6. The second-order valence-electron chi connectivity index (χ2n) is 6.94. The van der Waals surface area contributed by atoms with Crippen LogP contribution in [0.4, 0.5) is 4.39 Å². The van der Waals surface area contributed by atoms with Gasteiger partial charge in [-0.2, -0.15) is 0 Å². The van der Waals surface area contributed by atoms with Gasteiger partial charge in [0.05, 0.1) is 0 Å². The second-order valence-corrected chi connectivity index (χ2v) is 6.94. The van der Waals surface area contributed by atoms with Crippen molar-refractivity contribution in [2.75, 3.05) is 0 Å². The molecule has 0 atom stereocenters. The Morgan fingerprint density at radius 2 is 1.64 bits per heavy atom. The van der Waals surface area contributed by atoms with Crippen LogP contribution in [0, 0.1) is 19.7 Å². The second kappa shape index (κ2) is 8.21. The lowest BCUT2D eigenvalue weighted by Gasteiger charge is -2.13. The number of nitrogens with zero attached hydrogens (tertiary/aromatic N) is 1. The number of carbonyl (C=O) groups excluding carboxylic acids is 2. The first kappa shape index (κ1) is 19.5. The summed E-state index contributed by atoms with van der Waals surface area (Å²) in [7, 11) is 0. The summed E-state index contributed by atoms with van der Waals surface area (Å²) in [5, 5.41) is 2.92. The lowest BCUT2D eigenvalue weighted by Crippen LogP contribution is -2.27. The van der Waals surface area contributed by atoms with Gasteiger partial charge in [-0.05, 0) is 62.2 Å². The Morgan fingerprint density at radius 1 is 1.00 bits per heavy atom. The van der Waals surface area contributed by atoms with E-state index in [1.807, 2.05) is 38.1 Å². The van der Waals surface area contributed by atoms with Crippen LogP contribution in [-0.2, 0) is 17.9 Å². The van der Waals surface area contributed by atoms with Crippen LogP contribution in [0.2, 0.25) is 0 Å². The van der Waals surface area contributed by atoms with Crippen molar-refractivity contribution in [3.63, 3.8) is 0 Å². The molecular formula is C23H23FN2O2. The normalized spacial score (nSPS) is 10.7. The number of aryl methyl sites for hydroxylation is 1. The number of amides is 1. The van der Waals surface area contributed by atoms with Crippen molar-refractivity contribution in [3.8, 4) is 11.3 Å². The number of halogens is 1. The van der Waals surface area contributed by atoms with Crippen molar-refractivity contribution in [1.29, 1.82) is 0 Å². The highest BCUT2D eigenvalue weighted by Gasteiger charge is 2.18. The van der Waals surface area contributed by atoms with E-state index in [4.69, 9.17) is 0 Å².